The van der Waals surface area contributed by atoms with Gasteiger partial charge in [0.15, 0.2) is 0 Å². The van der Waals surface area contributed by atoms with Crippen LogP contribution in [-0.2, 0) is 21.8 Å². The Labute approximate surface area is 129 Å². The molecule has 6 heteroatoms. The molecule has 0 saturated heterocycles. The maximum Gasteiger partial charge on any atom is 0.229 e. The van der Waals surface area contributed by atoms with Crippen LogP contribution in [0.2, 0.25) is 0 Å². The molecule has 0 aliphatic heterocycles. The highest BCUT2D eigenvalue weighted by Gasteiger charge is 2.34. The van der Waals surface area contributed by atoms with Gasteiger partial charge in [-0.3, -0.25) is 4.79 Å². The van der Waals surface area contributed by atoms with Crippen molar-refractivity contribution in [2.75, 3.05) is 20.3 Å². The number of thiazole rings is 1. The number of rotatable bonds is 8. The number of hydrogen-bond donors (Lipinski definition) is 0. The van der Waals surface area contributed by atoms with Gasteiger partial charge in [0, 0.05) is 25.1 Å². The van der Waals surface area contributed by atoms with Crippen LogP contribution >= 0.6 is 22.9 Å². The fraction of sp³-hybridized carbons (Fsp3) is 0.714. The summed E-state index contributed by atoms with van der Waals surface area (Å²) in [5.41, 5.74) is 0.846. The monoisotopic (exact) mass is 316 g/mol. The van der Waals surface area contributed by atoms with Crippen LogP contribution in [0.4, 0.5) is 0 Å². The molecule has 1 aromatic heterocycles. The Hall–Kier alpha value is -0.650. The van der Waals surface area contributed by atoms with Crippen LogP contribution in [0, 0.1) is 5.92 Å². The zero-order valence-electron chi connectivity index (χ0n) is 12.0. The van der Waals surface area contributed by atoms with Crippen LogP contribution in [0.25, 0.3) is 0 Å². The molecule has 0 radical (unpaired) electrons. The minimum absolute atomic E-state index is 0.136. The third-order valence-corrected chi connectivity index (χ3v) is 4.86. The quantitative estimate of drug-likeness (QED) is 0.693. The van der Waals surface area contributed by atoms with Crippen LogP contribution in [0.3, 0.4) is 0 Å². The average molecular weight is 317 g/mol. The van der Waals surface area contributed by atoms with E-state index < -0.39 is 0 Å². The van der Waals surface area contributed by atoms with Crippen molar-refractivity contribution in [3.63, 3.8) is 0 Å². The van der Waals surface area contributed by atoms with Gasteiger partial charge in [0.25, 0.3) is 0 Å². The van der Waals surface area contributed by atoms with E-state index in [4.69, 9.17) is 16.3 Å². The lowest BCUT2D eigenvalue weighted by atomic mass is 10.1. The minimum atomic E-state index is 0.136. The topological polar surface area (TPSA) is 42.4 Å². The first kappa shape index (κ1) is 15.7. The summed E-state index contributed by atoms with van der Waals surface area (Å²) in [5, 5.41) is 2.76. The zero-order chi connectivity index (χ0) is 14.5. The number of carbonyl (C=O) groups excluding carboxylic acids is 1. The highest BCUT2D eigenvalue weighted by atomic mass is 35.5. The summed E-state index contributed by atoms with van der Waals surface area (Å²) in [7, 11) is 1.66. The van der Waals surface area contributed by atoms with E-state index in [9.17, 15) is 4.79 Å². The van der Waals surface area contributed by atoms with Crippen LogP contribution < -0.4 is 0 Å². The number of amides is 1. The fourth-order valence-electron chi connectivity index (χ4n) is 2.30. The Morgan fingerprint density at radius 1 is 1.65 bits per heavy atom. The Balaban J connectivity index is 1.97. The molecular weight excluding hydrogens is 296 g/mol. The van der Waals surface area contributed by atoms with Gasteiger partial charge in [-0.1, -0.05) is 0 Å². The molecular formula is C14H21ClN2O2S. The zero-order valence-corrected chi connectivity index (χ0v) is 13.5. The van der Waals surface area contributed by atoms with Crippen molar-refractivity contribution < 1.29 is 9.53 Å². The Morgan fingerprint density at radius 2 is 2.40 bits per heavy atom. The molecule has 0 aromatic carbocycles. The molecule has 1 unspecified atom stereocenters. The first-order valence-corrected chi connectivity index (χ1v) is 8.34. The normalized spacial score (nSPS) is 16.1. The van der Waals surface area contributed by atoms with Crippen molar-refractivity contribution in [2.24, 2.45) is 5.92 Å². The second-order valence-electron chi connectivity index (χ2n) is 5.20. The SMILES string of the molecule is COCCN(C(=O)Cc1nc(CCl)cs1)C(C)C1CC1. The molecule has 1 aromatic rings. The Bertz CT molecular complexity index is 448. The molecule has 1 aliphatic rings. The summed E-state index contributed by atoms with van der Waals surface area (Å²) in [6, 6.07) is 0.296. The maximum absolute atomic E-state index is 12.5. The Morgan fingerprint density at radius 3 is 2.95 bits per heavy atom. The predicted molar refractivity (Wildman–Crippen MR) is 81.2 cm³/mol. The number of hydrogen-bond acceptors (Lipinski definition) is 4. The van der Waals surface area contributed by atoms with Crippen LogP contribution in [0.5, 0.6) is 0 Å². The summed E-state index contributed by atoms with van der Waals surface area (Å²) in [6.07, 6.45) is 2.82. The van der Waals surface area contributed by atoms with Crippen molar-refractivity contribution in [3.05, 3.63) is 16.1 Å². The molecule has 1 heterocycles. The lowest BCUT2D eigenvalue weighted by Gasteiger charge is -2.29. The maximum atomic E-state index is 12.5. The van der Waals surface area contributed by atoms with Gasteiger partial charge in [-0.15, -0.1) is 22.9 Å². The van der Waals surface area contributed by atoms with Crippen LogP contribution in [0.15, 0.2) is 5.38 Å². The lowest BCUT2D eigenvalue weighted by molar-refractivity contribution is -0.133. The number of ether oxygens (including phenoxy) is 1. The molecule has 2 rings (SSSR count). The highest BCUT2D eigenvalue weighted by Crippen LogP contribution is 2.35. The predicted octanol–water partition coefficient (Wildman–Crippen LogP) is 2.70. The van der Waals surface area contributed by atoms with E-state index in [1.54, 1.807) is 7.11 Å². The van der Waals surface area contributed by atoms with E-state index >= 15 is 0 Å². The van der Waals surface area contributed by atoms with Gasteiger partial charge in [-0.2, -0.15) is 0 Å². The molecule has 1 saturated carbocycles. The molecule has 0 N–H and O–H groups in total. The van der Waals surface area contributed by atoms with Crippen molar-refractivity contribution in [1.82, 2.24) is 9.88 Å². The standard InChI is InChI=1S/C14H21ClN2O2S/c1-10(11-3-4-11)17(5-6-19-2)14(18)7-13-16-12(8-15)9-20-13/h9-11H,3-8H2,1-2H3. The highest BCUT2D eigenvalue weighted by molar-refractivity contribution is 7.09. The molecule has 4 nitrogen and oxygen atoms in total. The molecule has 20 heavy (non-hydrogen) atoms. The van der Waals surface area contributed by atoms with E-state index in [1.165, 1.54) is 24.2 Å². The smallest absolute Gasteiger partial charge is 0.229 e. The largest absolute Gasteiger partial charge is 0.383 e. The summed E-state index contributed by atoms with van der Waals surface area (Å²) in [6.45, 7) is 3.37. The van der Waals surface area contributed by atoms with Crippen LogP contribution in [-0.4, -0.2) is 42.1 Å². The van der Waals surface area contributed by atoms with Gasteiger partial charge in [0.2, 0.25) is 5.91 Å². The molecule has 1 atom stereocenters. The van der Waals surface area contributed by atoms with Crippen molar-refractivity contribution in [2.45, 2.75) is 38.1 Å². The van der Waals surface area contributed by atoms with Crippen LogP contribution in [0.1, 0.15) is 30.5 Å². The van der Waals surface area contributed by atoms with Crippen molar-refractivity contribution >= 4 is 28.8 Å². The first-order chi connectivity index (χ1) is 9.65. The van der Waals surface area contributed by atoms with E-state index in [-0.39, 0.29) is 5.91 Å². The minimum Gasteiger partial charge on any atom is -0.383 e. The number of aromatic nitrogens is 1. The number of nitrogens with zero attached hydrogens (tertiary/aromatic N) is 2. The van der Waals surface area contributed by atoms with Gasteiger partial charge in [0.05, 0.1) is 24.6 Å². The fourth-order valence-corrected chi connectivity index (χ4v) is 3.31. The summed E-state index contributed by atoms with van der Waals surface area (Å²) in [5.74, 6) is 1.19. The van der Waals surface area contributed by atoms with Gasteiger partial charge in [-0.05, 0) is 25.7 Å². The number of halogens is 1. The third kappa shape index (κ3) is 4.17. The molecule has 0 spiro atoms. The molecule has 112 valence electrons. The second-order valence-corrected chi connectivity index (χ2v) is 6.41. The average Bonchev–Trinajstić information content (AvgIpc) is 3.20. The van der Waals surface area contributed by atoms with E-state index in [1.807, 2.05) is 10.3 Å². The summed E-state index contributed by atoms with van der Waals surface area (Å²) >= 11 is 7.25. The number of methoxy groups -OCH3 is 1. The Kier molecular flexibility index (Phi) is 5.81. The molecule has 1 amide bonds. The second kappa shape index (κ2) is 7.38. The summed E-state index contributed by atoms with van der Waals surface area (Å²) < 4.78 is 5.12. The van der Waals surface area contributed by atoms with Gasteiger partial charge < -0.3 is 9.64 Å². The molecule has 1 aliphatic carbocycles. The summed E-state index contributed by atoms with van der Waals surface area (Å²) in [4.78, 5) is 18.8. The van der Waals surface area contributed by atoms with Gasteiger partial charge >= 0.3 is 0 Å². The van der Waals surface area contributed by atoms with E-state index in [2.05, 4.69) is 11.9 Å². The number of alkyl halides is 1. The molecule has 0 bridgehead atoms. The van der Waals surface area contributed by atoms with E-state index in [0.717, 1.165) is 10.7 Å². The lowest BCUT2D eigenvalue weighted by Crippen LogP contribution is -2.42. The van der Waals surface area contributed by atoms with Gasteiger partial charge in [0.1, 0.15) is 5.01 Å². The van der Waals surface area contributed by atoms with Crippen molar-refractivity contribution in [3.8, 4) is 0 Å². The van der Waals surface area contributed by atoms with Gasteiger partial charge in [-0.25, -0.2) is 4.98 Å². The first-order valence-electron chi connectivity index (χ1n) is 6.93. The van der Waals surface area contributed by atoms with E-state index in [0.29, 0.717) is 37.4 Å². The molecule has 1 fully saturated rings. The van der Waals surface area contributed by atoms with Crippen molar-refractivity contribution in [1.29, 1.82) is 0 Å². The number of carbonyl (C=O) groups is 1. The third-order valence-electron chi connectivity index (χ3n) is 3.69.